The Hall–Kier alpha value is -1.89. The van der Waals surface area contributed by atoms with E-state index in [0.717, 1.165) is 16.1 Å². The summed E-state index contributed by atoms with van der Waals surface area (Å²) in [4.78, 5) is 29.7. The predicted molar refractivity (Wildman–Crippen MR) is 106 cm³/mol. The number of benzene rings is 1. The average Bonchev–Trinajstić information content (AvgIpc) is 3.19. The number of halogens is 1. The van der Waals surface area contributed by atoms with Gasteiger partial charge in [0.2, 0.25) is 5.91 Å². The smallest absolute Gasteiger partial charge is 0.264 e. The van der Waals surface area contributed by atoms with Gasteiger partial charge in [-0.2, -0.15) is 0 Å². The first-order valence-corrected chi connectivity index (χ1v) is 9.86. The summed E-state index contributed by atoms with van der Waals surface area (Å²) in [7, 11) is 0. The molecule has 0 spiro atoms. The second-order valence-corrected chi connectivity index (χ2v) is 7.74. The van der Waals surface area contributed by atoms with Gasteiger partial charge in [0.25, 0.3) is 5.91 Å². The quantitative estimate of drug-likeness (QED) is 0.867. The lowest BCUT2D eigenvalue weighted by molar-refractivity contribution is -0.121. The zero-order chi connectivity index (χ0) is 18.7. The van der Waals surface area contributed by atoms with Crippen molar-refractivity contribution in [2.45, 2.75) is 19.9 Å². The molecule has 1 aliphatic heterocycles. The van der Waals surface area contributed by atoms with Crippen LogP contribution in [0.3, 0.4) is 0 Å². The summed E-state index contributed by atoms with van der Waals surface area (Å²) in [5, 5.41) is 5.51. The highest BCUT2D eigenvalue weighted by Crippen LogP contribution is 2.23. The summed E-state index contributed by atoms with van der Waals surface area (Å²) in [6.07, 6.45) is 0. The number of amides is 2. The van der Waals surface area contributed by atoms with Gasteiger partial charge >= 0.3 is 0 Å². The number of nitrogens with zero attached hydrogens (tertiary/aromatic N) is 2. The van der Waals surface area contributed by atoms with Crippen LogP contribution in [0.2, 0.25) is 5.02 Å². The molecule has 26 heavy (non-hydrogen) atoms. The van der Waals surface area contributed by atoms with Gasteiger partial charge in [0.05, 0.1) is 10.9 Å². The molecule has 7 heteroatoms. The predicted octanol–water partition coefficient (Wildman–Crippen LogP) is 3.49. The third-order valence-corrected chi connectivity index (χ3v) is 6.05. The van der Waals surface area contributed by atoms with Crippen LogP contribution in [0.5, 0.6) is 0 Å². The van der Waals surface area contributed by atoms with E-state index in [-0.39, 0.29) is 17.9 Å². The Morgan fingerprint density at radius 1 is 1.15 bits per heavy atom. The molecule has 2 amide bonds. The van der Waals surface area contributed by atoms with Gasteiger partial charge in [-0.15, -0.1) is 11.3 Å². The maximum Gasteiger partial charge on any atom is 0.264 e. The summed E-state index contributed by atoms with van der Waals surface area (Å²) < 4.78 is 0. The Morgan fingerprint density at radius 2 is 1.88 bits per heavy atom. The first kappa shape index (κ1) is 18.9. The molecule has 1 aliphatic rings. The second-order valence-electron chi connectivity index (χ2n) is 6.38. The van der Waals surface area contributed by atoms with Gasteiger partial charge in [-0.05, 0) is 43.0 Å². The minimum absolute atomic E-state index is 0.0617. The van der Waals surface area contributed by atoms with Crippen molar-refractivity contribution in [1.29, 1.82) is 0 Å². The van der Waals surface area contributed by atoms with Crippen LogP contribution in [0.1, 0.15) is 22.2 Å². The number of carbonyl (C=O) groups is 2. The van der Waals surface area contributed by atoms with Crippen LogP contribution >= 0.6 is 22.9 Å². The summed E-state index contributed by atoms with van der Waals surface area (Å²) in [5.41, 5.74) is 1.60. The molecule has 0 radical (unpaired) electrons. The Labute approximate surface area is 162 Å². The van der Waals surface area contributed by atoms with Crippen LogP contribution in [-0.2, 0) is 4.79 Å². The first-order valence-electron chi connectivity index (χ1n) is 8.60. The van der Waals surface area contributed by atoms with Crippen molar-refractivity contribution < 1.29 is 9.59 Å². The maximum absolute atomic E-state index is 12.6. The molecule has 0 saturated carbocycles. The van der Waals surface area contributed by atoms with Gasteiger partial charge in [0.15, 0.2) is 0 Å². The van der Waals surface area contributed by atoms with Gasteiger partial charge in [0, 0.05) is 36.9 Å². The number of rotatable bonds is 4. The molecule has 1 atom stereocenters. The first-order chi connectivity index (χ1) is 12.5. The third kappa shape index (κ3) is 4.09. The van der Waals surface area contributed by atoms with E-state index in [2.05, 4.69) is 10.2 Å². The second kappa shape index (κ2) is 8.20. The number of thiophene rings is 1. The van der Waals surface area contributed by atoms with Crippen LogP contribution in [0, 0.1) is 6.92 Å². The lowest BCUT2D eigenvalue weighted by Crippen LogP contribution is -2.54. The SMILES string of the molecule is Cc1c(Cl)cccc1NC(=O)[C@@H](C)N1CCN(C(=O)c2cccs2)CC1. The number of anilines is 1. The highest BCUT2D eigenvalue weighted by Gasteiger charge is 2.28. The average molecular weight is 392 g/mol. The van der Waals surface area contributed by atoms with Crippen molar-refractivity contribution >= 4 is 40.4 Å². The standard InChI is InChI=1S/C19H22ClN3O2S/c1-13-15(20)5-3-6-16(13)21-18(24)14(2)22-8-10-23(11-9-22)19(25)17-7-4-12-26-17/h3-7,12,14H,8-11H2,1-2H3,(H,21,24)/t14-/m1/s1. The van der Waals surface area contributed by atoms with Crippen LogP contribution in [0.4, 0.5) is 5.69 Å². The topological polar surface area (TPSA) is 52.7 Å². The largest absolute Gasteiger partial charge is 0.335 e. The van der Waals surface area contributed by atoms with Crippen LogP contribution in [-0.4, -0.2) is 53.8 Å². The van der Waals surface area contributed by atoms with Gasteiger partial charge < -0.3 is 10.2 Å². The molecule has 5 nitrogen and oxygen atoms in total. The zero-order valence-electron chi connectivity index (χ0n) is 14.9. The maximum atomic E-state index is 12.6. The van der Waals surface area contributed by atoms with E-state index in [1.165, 1.54) is 11.3 Å². The van der Waals surface area contributed by atoms with Crippen molar-refractivity contribution in [3.8, 4) is 0 Å². The summed E-state index contributed by atoms with van der Waals surface area (Å²) >= 11 is 7.58. The number of hydrogen-bond donors (Lipinski definition) is 1. The molecule has 1 aromatic heterocycles. The van der Waals surface area contributed by atoms with E-state index in [1.807, 2.05) is 48.4 Å². The molecule has 138 valence electrons. The van der Waals surface area contributed by atoms with Crippen LogP contribution in [0.25, 0.3) is 0 Å². The monoisotopic (exact) mass is 391 g/mol. The molecule has 0 aliphatic carbocycles. The van der Waals surface area contributed by atoms with E-state index in [9.17, 15) is 9.59 Å². The fraction of sp³-hybridized carbons (Fsp3) is 0.368. The van der Waals surface area contributed by atoms with Crippen molar-refractivity contribution in [1.82, 2.24) is 9.80 Å². The van der Waals surface area contributed by atoms with E-state index >= 15 is 0 Å². The Bertz CT molecular complexity index is 786. The molecule has 3 rings (SSSR count). The van der Waals surface area contributed by atoms with Gasteiger partial charge in [-0.1, -0.05) is 23.7 Å². The van der Waals surface area contributed by atoms with E-state index in [1.54, 1.807) is 6.07 Å². The van der Waals surface area contributed by atoms with Crippen molar-refractivity contribution in [3.63, 3.8) is 0 Å². The number of carbonyl (C=O) groups excluding carboxylic acids is 2. The van der Waals surface area contributed by atoms with Crippen LogP contribution in [0.15, 0.2) is 35.7 Å². The number of hydrogen-bond acceptors (Lipinski definition) is 4. The van der Waals surface area contributed by atoms with Crippen molar-refractivity contribution in [3.05, 3.63) is 51.2 Å². The van der Waals surface area contributed by atoms with Crippen molar-refractivity contribution in [2.24, 2.45) is 0 Å². The number of nitrogens with one attached hydrogen (secondary N) is 1. The normalized spacial score (nSPS) is 16.3. The molecule has 2 heterocycles. The molecule has 1 N–H and O–H groups in total. The molecule has 0 bridgehead atoms. The molecule has 1 aromatic carbocycles. The fourth-order valence-electron chi connectivity index (χ4n) is 3.01. The van der Waals surface area contributed by atoms with E-state index in [4.69, 9.17) is 11.6 Å². The Balaban J connectivity index is 1.56. The summed E-state index contributed by atoms with van der Waals surface area (Å²) in [6, 6.07) is 8.95. The minimum Gasteiger partial charge on any atom is -0.335 e. The molecular weight excluding hydrogens is 370 g/mol. The summed E-state index contributed by atoms with van der Waals surface area (Å²) in [5.74, 6) is 0.0136. The molecular formula is C19H22ClN3O2S. The van der Waals surface area contributed by atoms with E-state index in [0.29, 0.717) is 31.2 Å². The Morgan fingerprint density at radius 3 is 2.54 bits per heavy atom. The molecule has 0 unspecified atom stereocenters. The highest BCUT2D eigenvalue weighted by molar-refractivity contribution is 7.12. The zero-order valence-corrected chi connectivity index (χ0v) is 16.4. The molecule has 1 saturated heterocycles. The Kier molecular flexibility index (Phi) is 5.96. The lowest BCUT2D eigenvalue weighted by Gasteiger charge is -2.37. The van der Waals surface area contributed by atoms with E-state index < -0.39 is 0 Å². The highest BCUT2D eigenvalue weighted by atomic mass is 35.5. The van der Waals surface area contributed by atoms with Gasteiger partial charge in [-0.25, -0.2) is 0 Å². The fourth-order valence-corrected chi connectivity index (χ4v) is 3.88. The summed E-state index contributed by atoms with van der Waals surface area (Å²) in [6.45, 7) is 6.40. The van der Waals surface area contributed by atoms with Gasteiger partial charge in [-0.3, -0.25) is 14.5 Å². The third-order valence-electron chi connectivity index (χ3n) is 4.79. The van der Waals surface area contributed by atoms with Crippen LogP contribution < -0.4 is 5.32 Å². The molecule has 2 aromatic rings. The minimum atomic E-state index is -0.271. The molecule has 1 fully saturated rings. The van der Waals surface area contributed by atoms with Crippen molar-refractivity contribution in [2.75, 3.05) is 31.5 Å². The lowest BCUT2D eigenvalue weighted by atomic mass is 10.1. The number of piperazine rings is 1. The van der Waals surface area contributed by atoms with Gasteiger partial charge in [0.1, 0.15) is 0 Å².